The van der Waals surface area contributed by atoms with Crippen LogP contribution in [0.25, 0.3) is 10.9 Å². The van der Waals surface area contributed by atoms with Crippen LogP contribution >= 0.6 is 0 Å². The molecule has 0 aliphatic rings. The molecule has 2 aromatic carbocycles. The number of ether oxygens (including phenoxy) is 2. The summed E-state index contributed by atoms with van der Waals surface area (Å²) >= 11 is 0. The van der Waals surface area contributed by atoms with Crippen molar-refractivity contribution in [3.05, 3.63) is 76.1 Å². The Morgan fingerprint density at radius 3 is 2.62 bits per heavy atom. The van der Waals surface area contributed by atoms with Gasteiger partial charge in [0.1, 0.15) is 11.9 Å². The molecule has 0 radical (unpaired) electrons. The van der Waals surface area contributed by atoms with Gasteiger partial charge in [0, 0.05) is 11.6 Å². The Hall–Kier alpha value is -3.08. The van der Waals surface area contributed by atoms with Crippen molar-refractivity contribution in [2.75, 3.05) is 6.61 Å². The molecule has 0 bridgehead atoms. The van der Waals surface area contributed by atoms with E-state index in [4.69, 9.17) is 9.47 Å². The number of nitrogens with one attached hydrogen (secondary N) is 1. The summed E-state index contributed by atoms with van der Waals surface area (Å²) in [5, 5.41) is 0.951. The van der Waals surface area contributed by atoms with Gasteiger partial charge in [-0.1, -0.05) is 25.1 Å². The summed E-state index contributed by atoms with van der Waals surface area (Å²) in [6, 6.07) is 16.8. The zero-order valence-corrected chi connectivity index (χ0v) is 17.3. The maximum atomic E-state index is 12.5. The lowest BCUT2D eigenvalue weighted by molar-refractivity contribution is -0.149. The quantitative estimate of drug-likeness (QED) is 0.580. The first kappa shape index (κ1) is 20.6. The molecule has 3 rings (SSSR count). The van der Waals surface area contributed by atoms with E-state index in [1.54, 1.807) is 6.07 Å². The van der Waals surface area contributed by atoms with Gasteiger partial charge in [0.25, 0.3) is 0 Å². The Labute approximate surface area is 170 Å². The molecule has 5 nitrogen and oxygen atoms in total. The van der Waals surface area contributed by atoms with Crippen LogP contribution in [0.3, 0.4) is 0 Å². The molecule has 3 aromatic rings. The van der Waals surface area contributed by atoms with Crippen LogP contribution < -0.4 is 10.3 Å². The van der Waals surface area contributed by atoms with Crippen LogP contribution in [0.1, 0.15) is 51.3 Å². The zero-order chi connectivity index (χ0) is 21.0. The van der Waals surface area contributed by atoms with Crippen molar-refractivity contribution in [3.63, 3.8) is 0 Å². The Bertz CT molecular complexity index is 1070. The molecule has 0 aliphatic carbocycles. The number of fused-ring (bicyclic) bond motifs is 1. The minimum atomic E-state index is -0.715. The summed E-state index contributed by atoms with van der Waals surface area (Å²) in [7, 11) is 0. The molecule has 0 saturated carbocycles. The predicted octanol–water partition coefficient (Wildman–Crippen LogP) is 4.90. The molecule has 0 fully saturated rings. The van der Waals surface area contributed by atoms with Gasteiger partial charge in [0.2, 0.25) is 5.56 Å². The molecule has 1 N–H and O–H groups in total. The molecule has 2 atom stereocenters. The Morgan fingerprint density at radius 1 is 1.10 bits per heavy atom. The summed E-state index contributed by atoms with van der Waals surface area (Å²) in [4.78, 5) is 26.8. The summed E-state index contributed by atoms with van der Waals surface area (Å²) < 4.78 is 11.5. The fraction of sp³-hybridized carbons (Fsp3) is 0.333. The second-order valence-corrected chi connectivity index (χ2v) is 7.36. The molecule has 0 amide bonds. The molecule has 1 heterocycles. The van der Waals surface area contributed by atoms with Crippen LogP contribution in [0.5, 0.6) is 5.75 Å². The lowest BCUT2D eigenvalue weighted by atomic mass is 9.80. The van der Waals surface area contributed by atoms with Gasteiger partial charge >= 0.3 is 5.97 Å². The highest BCUT2D eigenvalue weighted by molar-refractivity contribution is 5.83. The van der Waals surface area contributed by atoms with E-state index in [1.165, 1.54) is 6.07 Å². The van der Waals surface area contributed by atoms with E-state index >= 15 is 0 Å². The van der Waals surface area contributed by atoms with Gasteiger partial charge in [-0.25, -0.2) is 0 Å². The van der Waals surface area contributed by atoms with E-state index < -0.39 is 5.41 Å². The van der Waals surface area contributed by atoms with Crippen molar-refractivity contribution in [1.29, 1.82) is 0 Å². The molecular formula is C24H27NO4. The SMILES string of the molecule is CCOC(=O)C(C)(CC)c1cccc(OC(C)c2ccc3[nH]c(=O)ccc3c2)c1. The molecule has 2 unspecified atom stereocenters. The number of hydrogen-bond donors (Lipinski definition) is 1. The van der Waals surface area contributed by atoms with Gasteiger partial charge in [0.05, 0.1) is 12.0 Å². The van der Waals surface area contributed by atoms with E-state index in [9.17, 15) is 9.59 Å². The fourth-order valence-corrected chi connectivity index (χ4v) is 3.37. The normalized spacial score (nSPS) is 14.2. The first-order valence-corrected chi connectivity index (χ1v) is 9.94. The first-order chi connectivity index (χ1) is 13.9. The topological polar surface area (TPSA) is 68.4 Å². The summed E-state index contributed by atoms with van der Waals surface area (Å²) in [5.41, 5.74) is 1.83. The third-order valence-corrected chi connectivity index (χ3v) is 5.43. The summed E-state index contributed by atoms with van der Waals surface area (Å²) in [6.45, 7) is 8.03. The van der Waals surface area contributed by atoms with E-state index in [0.29, 0.717) is 18.8 Å². The highest BCUT2D eigenvalue weighted by Gasteiger charge is 2.35. The van der Waals surface area contributed by atoms with E-state index in [0.717, 1.165) is 22.0 Å². The number of aromatic nitrogens is 1. The van der Waals surface area contributed by atoms with Gasteiger partial charge in [-0.05, 0) is 74.0 Å². The number of hydrogen-bond acceptors (Lipinski definition) is 4. The average molecular weight is 393 g/mol. The summed E-state index contributed by atoms with van der Waals surface area (Å²) in [5.74, 6) is 0.469. The molecule has 0 spiro atoms. The van der Waals surface area contributed by atoms with Crippen molar-refractivity contribution < 1.29 is 14.3 Å². The average Bonchev–Trinajstić information content (AvgIpc) is 2.73. The summed E-state index contributed by atoms with van der Waals surface area (Å²) in [6.07, 6.45) is 0.435. The number of pyridine rings is 1. The van der Waals surface area contributed by atoms with Crippen LogP contribution in [0.4, 0.5) is 0 Å². The molecule has 0 aliphatic heterocycles. The minimum Gasteiger partial charge on any atom is -0.486 e. The van der Waals surface area contributed by atoms with Crippen molar-refractivity contribution in [2.45, 2.75) is 45.6 Å². The number of carbonyl (C=O) groups is 1. The van der Waals surface area contributed by atoms with Gasteiger partial charge in [0.15, 0.2) is 0 Å². The van der Waals surface area contributed by atoms with Gasteiger partial charge < -0.3 is 14.5 Å². The molecule has 5 heteroatoms. The predicted molar refractivity (Wildman–Crippen MR) is 114 cm³/mol. The van der Waals surface area contributed by atoms with Crippen molar-refractivity contribution in [1.82, 2.24) is 4.98 Å². The smallest absolute Gasteiger partial charge is 0.316 e. The number of benzene rings is 2. The second kappa shape index (κ2) is 8.52. The van der Waals surface area contributed by atoms with Gasteiger partial charge in [-0.15, -0.1) is 0 Å². The molecule has 0 saturated heterocycles. The highest BCUT2D eigenvalue weighted by Crippen LogP contribution is 2.33. The number of esters is 1. The van der Waals surface area contributed by atoms with Gasteiger partial charge in [-0.2, -0.15) is 0 Å². The maximum absolute atomic E-state index is 12.5. The standard InChI is InChI=1S/C24H27NO4/c1-5-24(4,23(27)28-6-2)19-8-7-9-20(15-19)29-16(3)17-10-12-21-18(14-17)11-13-22(26)25-21/h7-16H,5-6H2,1-4H3,(H,25,26). The molecule has 1 aromatic heterocycles. The molecular weight excluding hydrogens is 366 g/mol. The third kappa shape index (κ3) is 4.34. The Balaban J connectivity index is 1.85. The monoisotopic (exact) mass is 393 g/mol. The molecule has 152 valence electrons. The van der Waals surface area contributed by atoms with Crippen LogP contribution in [0, 0.1) is 0 Å². The zero-order valence-electron chi connectivity index (χ0n) is 17.3. The number of rotatable bonds is 7. The lowest BCUT2D eigenvalue weighted by Crippen LogP contribution is -2.33. The fourth-order valence-electron chi connectivity index (χ4n) is 3.37. The van der Waals surface area contributed by atoms with Crippen LogP contribution in [-0.4, -0.2) is 17.6 Å². The Morgan fingerprint density at radius 2 is 1.90 bits per heavy atom. The van der Waals surface area contributed by atoms with Crippen LogP contribution in [0.15, 0.2) is 59.4 Å². The van der Waals surface area contributed by atoms with Crippen LogP contribution in [-0.2, 0) is 14.9 Å². The first-order valence-electron chi connectivity index (χ1n) is 9.94. The number of aromatic amines is 1. The second-order valence-electron chi connectivity index (χ2n) is 7.36. The van der Waals surface area contributed by atoms with E-state index in [1.807, 2.05) is 70.2 Å². The lowest BCUT2D eigenvalue weighted by Gasteiger charge is -2.27. The van der Waals surface area contributed by atoms with Gasteiger partial charge in [-0.3, -0.25) is 9.59 Å². The Kier molecular flexibility index (Phi) is 6.06. The van der Waals surface area contributed by atoms with Crippen molar-refractivity contribution >= 4 is 16.9 Å². The number of carbonyl (C=O) groups excluding carboxylic acids is 1. The highest BCUT2D eigenvalue weighted by atomic mass is 16.5. The van der Waals surface area contributed by atoms with E-state index in [-0.39, 0.29) is 17.6 Å². The third-order valence-electron chi connectivity index (χ3n) is 5.43. The minimum absolute atomic E-state index is 0.119. The van der Waals surface area contributed by atoms with E-state index in [2.05, 4.69) is 4.98 Å². The van der Waals surface area contributed by atoms with Crippen molar-refractivity contribution in [2.24, 2.45) is 0 Å². The van der Waals surface area contributed by atoms with Crippen LogP contribution in [0.2, 0.25) is 0 Å². The molecule has 29 heavy (non-hydrogen) atoms. The number of H-pyrrole nitrogens is 1. The largest absolute Gasteiger partial charge is 0.486 e. The van der Waals surface area contributed by atoms with Crippen molar-refractivity contribution in [3.8, 4) is 5.75 Å². The maximum Gasteiger partial charge on any atom is 0.316 e.